The molecule has 0 aliphatic rings. The van der Waals surface area contributed by atoms with Gasteiger partial charge in [-0.25, -0.2) is 0 Å². The van der Waals surface area contributed by atoms with E-state index in [0.29, 0.717) is 0 Å². The summed E-state index contributed by atoms with van der Waals surface area (Å²) in [5.74, 6) is 0.992. The Morgan fingerprint density at radius 2 is 2.00 bits per heavy atom. The van der Waals surface area contributed by atoms with Gasteiger partial charge in [0.05, 0.1) is 6.61 Å². The van der Waals surface area contributed by atoms with Crippen LogP contribution in [0.4, 0.5) is 0 Å². The number of benzene rings is 1. The molecule has 0 atom stereocenters. The minimum absolute atomic E-state index is 0.822. The number of unbranched alkanes of at least 4 members (excludes halogenated alkanes) is 2. The number of ether oxygens (including phenoxy) is 1. The van der Waals surface area contributed by atoms with Gasteiger partial charge in [-0.1, -0.05) is 50.1 Å². The summed E-state index contributed by atoms with van der Waals surface area (Å²) in [4.78, 5) is 0. The van der Waals surface area contributed by atoms with E-state index < -0.39 is 0 Å². The average Bonchev–Trinajstić information content (AvgIpc) is 2.27. The van der Waals surface area contributed by atoms with E-state index in [1.165, 1.54) is 12.8 Å². The lowest BCUT2D eigenvalue weighted by Crippen LogP contribution is -1.98. The minimum atomic E-state index is 0.822. The van der Waals surface area contributed by atoms with Gasteiger partial charge in [0, 0.05) is 5.56 Å². The van der Waals surface area contributed by atoms with E-state index >= 15 is 0 Å². The first kappa shape index (κ1) is 11.8. The second-order valence-corrected chi connectivity index (χ2v) is 3.59. The molecule has 0 aromatic heterocycles. The number of hydrogen-bond acceptors (Lipinski definition) is 1. The van der Waals surface area contributed by atoms with Crippen LogP contribution in [-0.4, -0.2) is 6.61 Å². The van der Waals surface area contributed by atoms with Crippen molar-refractivity contribution in [3.8, 4) is 5.75 Å². The standard InChI is InChI=1S/C14H20O/c1-3-5-8-12-15-14-11-7-6-10-13(14)9-4-2/h4,6-7,9-11H,3,5,8,12H2,1-2H3/b9-4-. The molecule has 0 radical (unpaired) electrons. The van der Waals surface area contributed by atoms with Gasteiger partial charge in [-0.2, -0.15) is 0 Å². The largest absolute Gasteiger partial charge is 0.493 e. The molecule has 1 nitrogen and oxygen atoms in total. The molecule has 0 spiro atoms. The van der Waals surface area contributed by atoms with Crippen molar-refractivity contribution in [2.45, 2.75) is 33.1 Å². The highest BCUT2D eigenvalue weighted by atomic mass is 16.5. The van der Waals surface area contributed by atoms with Gasteiger partial charge in [0.25, 0.3) is 0 Å². The molecule has 0 aliphatic heterocycles. The Labute approximate surface area is 92.8 Å². The van der Waals surface area contributed by atoms with Gasteiger partial charge >= 0.3 is 0 Å². The summed E-state index contributed by atoms with van der Waals surface area (Å²) in [7, 11) is 0. The van der Waals surface area contributed by atoms with Crippen LogP contribution in [0.2, 0.25) is 0 Å². The number of hydrogen-bond donors (Lipinski definition) is 0. The maximum absolute atomic E-state index is 5.74. The highest BCUT2D eigenvalue weighted by molar-refractivity contribution is 5.56. The van der Waals surface area contributed by atoms with Crippen LogP contribution in [0.5, 0.6) is 5.75 Å². The normalized spacial score (nSPS) is 10.8. The van der Waals surface area contributed by atoms with Crippen molar-refractivity contribution in [3.05, 3.63) is 35.9 Å². The molecule has 0 saturated carbocycles. The van der Waals surface area contributed by atoms with E-state index in [0.717, 1.165) is 24.3 Å². The zero-order chi connectivity index (χ0) is 10.9. The van der Waals surface area contributed by atoms with Crippen molar-refractivity contribution < 1.29 is 4.74 Å². The minimum Gasteiger partial charge on any atom is -0.493 e. The van der Waals surface area contributed by atoms with E-state index in [9.17, 15) is 0 Å². The van der Waals surface area contributed by atoms with Crippen molar-refractivity contribution in [2.24, 2.45) is 0 Å². The third kappa shape index (κ3) is 4.20. The van der Waals surface area contributed by atoms with Crippen LogP contribution in [0.15, 0.2) is 30.3 Å². The molecule has 0 saturated heterocycles. The SMILES string of the molecule is C/C=C\c1ccccc1OCCCCC. The summed E-state index contributed by atoms with van der Waals surface area (Å²) < 4.78 is 5.74. The third-order valence-corrected chi connectivity index (χ3v) is 2.27. The first-order chi connectivity index (χ1) is 7.38. The van der Waals surface area contributed by atoms with Gasteiger partial charge in [0.2, 0.25) is 0 Å². The van der Waals surface area contributed by atoms with Crippen molar-refractivity contribution in [3.63, 3.8) is 0 Å². The summed E-state index contributed by atoms with van der Waals surface area (Å²) in [6, 6.07) is 8.16. The second kappa shape index (κ2) is 7.10. The first-order valence-corrected chi connectivity index (χ1v) is 5.73. The van der Waals surface area contributed by atoms with Gasteiger partial charge in [0.1, 0.15) is 5.75 Å². The Morgan fingerprint density at radius 3 is 2.73 bits per heavy atom. The van der Waals surface area contributed by atoms with Crippen molar-refractivity contribution in [1.82, 2.24) is 0 Å². The topological polar surface area (TPSA) is 9.23 Å². The van der Waals surface area contributed by atoms with Gasteiger partial charge in [-0.15, -0.1) is 0 Å². The third-order valence-electron chi connectivity index (χ3n) is 2.27. The zero-order valence-electron chi connectivity index (χ0n) is 9.70. The monoisotopic (exact) mass is 204 g/mol. The van der Waals surface area contributed by atoms with E-state index in [1.54, 1.807) is 0 Å². The molecule has 1 rings (SSSR count). The molecular weight excluding hydrogens is 184 g/mol. The Morgan fingerprint density at radius 1 is 1.20 bits per heavy atom. The molecule has 82 valence electrons. The Hall–Kier alpha value is -1.24. The summed E-state index contributed by atoms with van der Waals surface area (Å²) in [6.07, 6.45) is 7.73. The molecular formula is C14H20O. The molecule has 0 aliphatic carbocycles. The molecule has 0 fully saturated rings. The van der Waals surface area contributed by atoms with Gasteiger partial charge in [-0.3, -0.25) is 0 Å². The summed E-state index contributed by atoms with van der Waals surface area (Å²) in [5, 5.41) is 0. The molecule has 0 amide bonds. The maximum Gasteiger partial charge on any atom is 0.126 e. The van der Waals surface area contributed by atoms with Crippen molar-refractivity contribution in [1.29, 1.82) is 0 Å². The second-order valence-electron chi connectivity index (χ2n) is 3.59. The smallest absolute Gasteiger partial charge is 0.126 e. The highest BCUT2D eigenvalue weighted by Crippen LogP contribution is 2.19. The Bertz CT molecular complexity index is 302. The van der Waals surface area contributed by atoms with Gasteiger partial charge < -0.3 is 4.74 Å². The van der Waals surface area contributed by atoms with Crippen LogP contribution >= 0.6 is 0 Å². The fourth-order valence-corrected chi connectivity index (χ4v) is 1.46. The Balaban J connectivity index is 2.51. The lowest BCUT2D eigenvalue weighted by Gasteiger charge is -2.08. The fourth-order valence-electron chi connectivity index (χ4n) is 1.46. The quantitative estimate of drug-likeness (QED) is 0.628. The fraction of sp³-hybridized carbons (Fsp3) is 0.429. The molecule has 1 aromatic rings. The lowest BCUT2D eigenvalue weighted by molar-refractivity contribution is 0.305. The predicted molar refractivity (Wildman–Crippen MR) is 66.2 cm³/mol. The predicted octanol–water partition coefficient (Wildman–Crippen LogP) is 4.29. The van der Waals surface area contributed by atoms with Crippen LogP contribution in [0.1, 0.15) is 38.7 Å². The highest BCUT2D eigenvalue weighted by Gasteiger charge is 1.98. The van der Waals surface area contributed by atoms with E-state index in [1.807, 2.05) is 31.2 Å². The Kier molecular flexibility index (Phi) is 5.60. The van der Waals surface area contributed by atoms with E-state index in [4.69, 9.17) is 4.74 Å². The van der Waals surface area contributed by atoms with Crippen molar-refractivity contribution in [2.75, 3.05) is 6.61 Å². The van der Waals surface area contributed by atoms with E-state index in [2.05, 4.69) is 19.1 Å². The summed E-state index contributed by atoms with van der Waals surface area (Å²) in [5.41, 5.74) is 1.16. The molecule has 0 unspecified atom stereocenters. The molecule has 1 heteroatoms. The molecule has 0 heterocycles. The summed E-state index contributed by atoms with van der Waals surface area (Å²) in [6.45, 7) is 5.05. The summed E-state index contributed by atoms with van der Waals surface area (Å²) >= 11 is 0. The first-order valence-electron chi connectivity index (χ1n) is 5.73. The van der Waals surface area contributed by atoms with Gasteiger partial charge in [0.15, 0.2) is 0 Å². The van der Waals surface area contributed by atoms with E-state index in [-0.39, 0.29) is 0 Å². The molecule has 1 aromatic carbocycles. The number of para-hydroxylation sites is 1. The van der Waals surface area contributed by atoms with Crippen LogP contribution in [0.25, 0.3) is 6.08 Å². The van der Waals surface area contributed by atoms with Crippen molar-refractivity contribution >= 4 is 6.08 Å². The molecule has 0 bridgehead atoms. The van der Waals surface area contributed by atoms with Crippen LogP contribution in [0, 0.1) is 0 Å². The van der Waals surface area contributed by atoms with Crippen LogP contribution in [0.3, 0.4) is 0 Å². The van der Waals surface area contributed by atoms with Crippen LogP contribution < -0.4 is 4.74 Å². The zero-order valence-corrected chi connectivity index (χ0v) is 9.70. The molecule has 15 heavy (non-hydrogen) atoms. The van der Waals surface area contributed by atoms with Gasteiger partial charge in [-0.05, 0) is 19.4 Å². The van der Waals surface area contributed by atoms with Crippen LogP contribution in [-0.2, 0) is 0 Å². The molecule has 0 N–H and O–H groups in total. The average molecular weight is 204 g/mol. The number of allylic oxidation sites excluding steroid dienone is 1. The lowest BCUT2D eigenvalue weighted by atomic mass is 10.2. The maximum atomic E-state index is 5.74. The number of rotatable bonds is 6.